The van der Waals surface area contributed by atoms with Crippen LogP contribution in [0.5, 0.6) is 0 Å². The summed E-state index contributed by atoms with van der Waals surface area (Å²) >= 11 is 6.92. The Morgan fingerprint density at radius 1 is 0.778 bits per heavy atom. The molecular formula is C25H20ClN. The molecule has 0 amide bonds. The van der Waals surface area contributed by atoms with E-state index in [1.807, 2.05) is 18.2 Å². The summed E-state index contributed by atoms with van der Waals surface area (Å²) in [6, 6.07) is 29.8. The first-order valence-electron chi connectivity index (χ1n) is 9.37. The lowest BCUT2D eigenvalue weighted by Gasteiger charge is -2.24. The highest BCUT2D eigenvalue weighted by molar-refractivity contribution is 6.50. The summed E-state index contributed by atoms with van der Waals surface area (Å²) < 4.78 is 0. The molecule has 0 radical (unpaired) electrons. The molecule has 1 atom stereocenters. The molecule has 2 aliphatic rings. The largest absolute Gasteiger partial charge is 0.309 e. The van der Waals surface area contributed by atoms with Crippen LogP contribution in [0.4, 0.5) is 0 Å². The molecule has 1 nitrogen and oxygen atoms in total. The van der Waals surface area contributed by atoms with Gasteiger partial charge < -0.3 is 5.32 Å². The van der Waals surface area contributed by atoms with E-state index in [1.165, 1.54) is 33.4 Å². The molecule has 1 N–H and O–H groups in total. The monoisotopic (exact) mass is 369 g/mol. The third-order valence-electron chi connectivity index (χ3n) is 5.55. The van der Waals surface area contributed by atoms with E-state index >= 15 is 0 Å². The van der Waals surface area contributed by atoms with Gasteiger partial charge in [0.15, 0.2) is 0 Å². The highest BCUT2D eigenvalue weighted by atomic mass is 35.5. The van der Waals surface area contributed by atoms with Crippen molar-refractivity contribution in [3.63, 3.8) is 0 Å². The van der Waals surface area contributed by atoms with Crippen molar-refractivity contribution in [1.29, 1.82) is 0 Å². The number of benzene rings is 3. The van der Waals surface area contributed by atoms with Gasteiger partial charge in [-0.25, -0.2) is 0 Å². The van der Waals surface area contributed by atoms with Crippen LogP contribution in [0.1, 0.15) is 28.2 Å². The summed E-state index contributed by atoms with van der Waals surface area (Å²) in [5.41, 5.74) is 9.10. The summed E-state index contributed by atoms with van der Waals surface area (Å²) in [5, 5.41) is 4.44. The molecule has 1 aliphatic carbocycles. The Kier molecular flexibility index (Phi) is 4.20. The van der Waals surface area contributed by atoms with Crippen LogP contribution >= 0.6 is 11.6 Å². The summed E-state index contributed by atoms with van der Waals surface area (Å²) in [5.74, 6) is 0.292. The molecule has 132 valence electrons. The predicted octanol–water partition coefficient (Wildman–Crippen LogP) is 5.84. The first-order valence-corrected chi connectivity index (χ1v) is 9.75. The minimum Gasteiger partial charge on any atom is -0.309 e. The maximum absolute atomic E-state index is 6.92. The second-order valence-electron chi connectivity index (χ2n) is 7.09. The van der Waals surface area contributed by atoms with Gasteiger partial charge in [-0.3, -0.25) is 0 Å². The fourth-order valence-corrected chi connectivity index (χ4v) is 4.70. The minimum atomic E-state index is 0.292. The van der Waals surface area contributed by atoms with Gasteiger partial charge >= 0.3 is 0 Å². The topological polar surface area (TPSA) is 12.0 Å². The van der Waals surface area contributed by atoms with Crippen molar-refractivity contribution in [2.24, 2.45) is 0 Å². The molecular weight excluding hydrogens is 350 g/mol. The normalized spacial score (nSPS) is 20.3. The Morgan fingerprint density at radius 2 is 1.44 bits per heavy atom. The molecule has 0 saturated carbocycles. The van der Waals surface area contributed by atoms with Crippen LogP contribution in [0.25, 0.3) is 10.6 Å². The lowest BCUT2D eigenvalue weighted by Crippen LogP contribution is -2.27. The van der Waals surface area contributed by atoms with E-state index in [0.717, 1.165) is 23.7 Å². The van der Waals surface area contributed by atoms with Gasteiger partial charge in [-0.15, -0.1) is 0 Å². The summed E-state index contributed by atoms with van der Waals surface area (Å²) in [6.07, 6.45) is 0. The first kappa shape index (κ1) is 16.6. The number of halogens is 1. The van der Waals surface area contributed by atoms with E-state index in [-0.39, 0.29) is 0 Å². The quantitative estimate of drug-likeness (QED) is 0.598. The Morgan fingerprint density at radius 3 is 2.22 bits per heavy atom. The molecule has 2 heteroatoms. The smallest absolute Gasteiger partial charge is 0.0529 e. The van der Waals surface area contributed by atoms with Gasteiger partial charge in [-0.1, -0.05) is 96.5 Å². The maximum Gasteiger partial charge on any atom is 0.0529 e. The van der Waals surface area contributed by atoms with Crippen molar-refractivity contribution in [2.45, 2.75) is 5.92 Å². The second kappa shape index (κ2) is 6.84. The van der Waals surface area contributed by atoms with Gasteiger partial charge in [0, 0.05) is 19.0 Å². The van der Waals surface area contributed by atoms with Crippen molar-refractivity contribution < 1.29 is 0 Å². The molecule has 0 aromatic heterocycles. The van der Waals surface area contributed by atoms with Crippen LogP contribution in [-0.2, 0) is 0 Å². The van der Waals surface area contributed by atoms with E-state index < -0.39 is 0 Å². The zero-order valence-corrected chi connectivity index (χ0v) is 15.7. The van der Waals surface area contributed by atoms with Crippen molar-refractivity contribution in [3.8, 4) is 0 Å². The van der Waals surface area contributed by atoms with Gasteiger partial charge in [0.25, 0.3) is 0 Å². The Hall–Kier alpha value is -2.61. The summed E-state index contributed by atoms with van der Waals surface area (Å²) in [6.45, 7) is 1.69. The average Bonchev–Trinajstić information content (AvgIpc) is 3.09. The molecule has 5 rings (SSSR count). The number of hydrogen-bond acceptors (Lipinski definition) is 1. The third-order valence-corrected chi connectivity index (χ3v) is 6.00. The number of fused-ring (bicyclic) bond motifs is 2. The Bertz CT molecular complexity index is 1050. The fourth-order valence-electron chi connectivity index (χ4n) is 4.41. The molecule has 27 heavy (non-hydrogen) atoms. The van der Waals surface area contributed by atoms with E-state index in [2.05, 4.69) is 72.0 Å². The second-order valence-corrected chi connectivity index (χ2v) is 7.47. The zero-order valence-electron chi connectivity index (χ0n) is 15.0. The standard InChI is InChI=1S/C25H20ClN/c26-25(18-11-5-2-6-12-18)22-16-27-15-21-23(17-9-3-1-4-10-17)19-13-7-8-14-20(19)24(21)22/h1-14,23,27H,15-16H2/b25-22-. The maximum atomic E-state index is 6.92. The molecule has 1 aliphatic heterocycles. The van der Waals surface area contributed by atoms with Crippen molar-refractivity contribution in [3.05, 3.63) is 118 Å². The van der Waals surface area contributed by atoms with Gasteiger partial charge in [-0.2, -0.15) is 0 Å². The molecule has 3 aromatic carbocycles. The Labute approximate surface area is 165 Å². The van der Waals surface area contributed by atoms with E-state index in [0.29, 0.717) is 5.92 Å². The van der Waals surface area contributed by atoms with Crippen LogP contribution in [0.2, 0.25) is 0 Å². The predicted molar refractivity (Wildman–Crippen MR) is 114 cm³/mol. The highest BCUT2D eigenvalue weighted by Crippen LogP contribution is 2.50. The van der Waals surface area contributed by atoms with Crippen LogP contribution in [0.3, 0.4) is 0 Å². The lowest BCUT2D eigenvalue weighted by molar-refractivity contribution is 0.751. The summed E-state index contributed by atoms with van der Waals surface area (Å²) in [7, 11) is 0. The van der Waals surface area contributed by atoms with Crippen LogP contribution in [0, 0.1) is 0 Å². The number of hydrogen-bond donors (Lipinski definition) is 1. The van der Waals surface area contributed by atoms with Gasteiger partial charge in [0.2, 0.25) is 0 Å². The average molecular weight is 370 g/mol. The lowest BCUT2D eigenvalue weighted by atomic mass is 9.87. The Balaban J connectivity index is 1.74. The molecule has 0 saturated heterocycles. The van der Waals surface area contributed by atoms with E-state index in [9.17, 15) is 0 Å². The molecule has 0 fully saturated rings. The molecule has 0 bridgehead atoms. The minimum absolute atomic E-state index is 0.292. The fraction of sp³-hybridized carbons (Fsp3) is 0.120. The highest BCUT2D eigenvalue weighted by Gasteiger charge is 2.36. The molecule has 0 spiro atoms. The number of nitrogens with one attached hydrogen (secondary N) is 1. The van der Waals surface area contributed by atoms with Crippen molar-refractivity contribution >= 4 is 22.2 Å². The van der Waals surface area contributed by atoms with Crippen molar-refractivity contribution in [1.82, 2.24) is 5.32 Å². The van der Waals surface area contributed by atoms with Gasteiger partial charge in [0.05, 0.1) is 5.03 Å². The van der Waals surface area contributed by atoms with Crippen LogP contribution < -0.4 is 5.32 Å². The van der Waals surface area contributed by atoms with Gasteiger partial charge in [0.1, 0.15) is 0 Å². The SMILES string of the molecule is Cl/C(=C1/CNCC2=C1c1ccccc1C2c1ccccc1)c1ccccc1. The van der Waals surface area contributed by atoms with E-state index in [1.54, 1.807) is 0 Å². The first-order chi connectivity index (χ1) is 13.3. The van der Waals surface area contributed by atoms with Crippen LogP contribution in [-0.4, -0.2) is 13.1 Å². The van der Waals surface area contributed by atoms with Crippen molar-refractivity contribution in [2.75, 3.05) is 13.1 Å². The summed E-state index contributed by atoms with van der Waals surface area (Å²) in [4.78, 5) is 0. The van der Waals surface area contributed by atoms with E-state index in [4.69, 9.17) is 11.6 Å². The van der Waals surface area contributed by atoms with Crippen LogP contribution in [0.15, 0.2) is 96.1 Å². The molecule has 1 unspecified atom stereocenters. The number of rotatable bonds is 2. The van der Waals surface area contributed by atoms with Gasteiger partial charge in [-0.05, 0) is 39.0 Å². The third kappa shape index (κ3) is 2.75. The zero-order chi connectivity index (χ0) is 18.2. The molecule has 3 aromatic rings. The molecule has 1 heterocycles.